The highest BCUT2D eigenvalue weighted by Gasteiger charge is 2.24. The van der Waals surface area contributed by atoms with Gasteiger partial charge in [-0.05, 0) is 6.07 Å². The van der Waals surface area contributed by atoms with E-state index in [1.807, 2.05) is 12.1 Å². The third-order valence-electron chi connectivity index (χ3n) is 3.60. The van der Waals surface area contributed by atoms with E-state index in [2.05, 4.69) is 4.98 Å². The number of nitriles is 2. The zero-order valence-corrected chi connectivity index (χ0v) is 12.7. The molecular formula is C16H12N4O4. The molecule has 24 heavy (non-hydrogen) atoms. The fraction of sp³-hybridized carbons (Fsp3) is 0.188. The molecule has 1 aromatic heterocycles. The summed E-state index contributed by atoms with van der Waals surface area (Å²) in [6, 6.07) is 6.90. The largest absolute Gasteiger partial charge is 0.496 e. The second kappa shape index (κ2) is 5.86. The average molecular weight is 324 g/mol. The van der Waals surface area contributed by atoms with Gasteiger partial charge in [0.25, 0.3) is 5.56 Å². The summed E-state index contributed by atoms with van der Waals surface area (Å²) in [7, 11) is 1.43. The van der Waals surface area contributed by atoms with Gasteiger partial charge in [-0.3, -0.25) is 4.79 Å². The lowest BCUT2D eigenvalue weighted by Gasteiger charge is -2.21. The van der Waals surface area contributed by atoms with Gasteiger partial charge in [0.15, 0.2) is 11.5 Å². The van der Waals surface area contributed by atoms with Gasteiger partial charge in [-0.25, -0.2) is 0 Å². The van der Waals surface area contributed by atoms with Crippen LogP contribution in [0.25, 0.3) is 11.1 Å². The van der Waals surface area contributed by atoms with Crippen LogP contribution in [0, 0.1) is 22.7 Å². The predicted molar refractivity (Wildman–Crippen MR) is 83.9 cm³/mol. The molecule has 2 heterocycles. The van der Waals surface area contributed by atoms with E-state index >= 15 is 0 Å². The second-order valence-corrected chi connectivity index (χ2v) is 4.91. The molecule has 3 rings (SSSR count). The van der Waals surface area contributed by atoms with Crippen molar-refractivity contribution in [2.75, 3.05) is 26.1 Å². The first kappa shape index (κ1) is 15.3. The number of anilines is 1. The first-order chi connectivity index (χ1) is 11.6. The van der Waals surface area contributed by atoms with Crippen molar-refractivity contribution in [3.05, 3.63) is 33.6 Å². The van der Waals surface area contributed by atoms with Crippen LogP contribution in [-0.2, 0) is 0 Å². The second-order valence-electron chi connectivity index (χ2n) is 4.91. The molecule has 1 aliphatic heterocycles. The van der Waals surface area contributed by atoms with Crippen molar-refractivity contribution in [1.82, 2.24) is 4.98 Å². The minimum absolute atomic E-state index is 0.0128. The molecule has 0 aliphatic carbocycles. The number of nitrogens with zero attached hydrogens (tertiary/aromatic N) is 2. The van der Waals surface area contributed by atoms with Gasteiger partial charge in [-0.1, -0.05) is 0 Å². The molecule has 0 bridgehead atoms. The van der Waals surface area contributed by atoms with Gasteiger partial charge in [0.05, 0.1) is 7.11 Å². The number of nitrogen functional groups attached to an aromatic ring is 1. The number of hydrogen-bond acceptors (Lipinski definition) is 7. The van der Waals surface area contributed by atoms with E-state index in [9.17, 15) is 15.3 Å². The summed E-state index contributed by atoms with van der Waals surface area (Å²) in [5.41, 5.74) is 5.28. The number of rotatable bonds is 2. The molecule has 0 fully saturated rings. The zero-order chi connectivity index (χ0) is 17.3. The minimum Gasteiger partial charge on any atom is -0.496 e. The van der Waals surface area contributed by atoms with Crippen LogP contribution in [-0.4, -0.2) is 25.3 Å². The van der Waals surface area contributed by atoms with Crippen LogP contribution >= 0.6 is 0 Å². The molecule has 8 heteroatoms. The lowest BCUT2D eigenvalue weighted by molar-refractivity contribution is 0.171. The molecule has 0 amide bonds. The van der Waals surface area contributed by atoms with Crippen molar-refractivity contribution in [3.8, 4) is 40.5 Å². The molecule has 0 saturated carbocycles. The van der Waals surface area contributed by atoms with E-state index in [-0.39, 0.29) is 22.5 Å². The van der Waals surface area contributed by atoms with Crippen molar-refractivity contribution in [1.29, 1.82) is 10.5 Å². The van der Waals surface area contributed by atoms with Crippen molar-refractivity contribution in [2.45, 2.75) is 0 Å². The Morgan fingerprint density at radius 3 is 2.38 bits per heavy atom. The highest BCUT2D eigenvalue weighted by molar-refractivity contribution is 5.85. The van der Waals surface area contributed by atoms with Crippen LogP contribution in [0.4, 0.5) is 5.82 Å². The minimum atomic E-state index is -0.680. The van der Waals surface area contributed by atoms with Crippen LogP contribution in [0.5, 0.6) is 17.2 Å². The number of nitrogens with two attached hydrogens (primary N) is 1. The average Bonchev–Trinajstić information content (AvgIpc) is 2.60. The predicted octanol–water partition coefficient (Wildman–Crippen LogP) is 1.15. The Hall–Kier alpha value is -3.65. The van der Waals surface area contributed by atoms with Crippen LogP contribution in [0.1, 0.15) is 11.1 Å². The van der Waals surface area contributed by atoms with Crippen LogP contribution in [0.2, 0.25) is 0 Å². The molecule has 2 aromatic rings. The van der Waals surface area contributed by atoms with Gasteiger partial charge in [-0.2, -0.15) is 10.5 Å². The summed E-state index contributed by atoms with van der Waals surface area (Å²) in [4.78, 5) is 14.4. The normalized spacial score (nSPS) is 12.1. The summed E-state index contributed by atoms with van der Waals surface area (Å²) in [5, 5.41) is 18.8. The van der Waals surface area contributed by atoms with Crippen LogP contribution < -0.4 is 25.5 Å². The smallest absolute Gasteiger partial charge is 0.268 e. The van der Waals surface area contributed by atoms with Crippen molar-refractivity contribution in [2.24, 2.45) is 0 Å². The number of ether oxygens (including phenoxy) is 3. The summed E-state index contributed by atoms with van der Waals surface area (Å²) in [6.45, 7) is 0.771. The number of H-pyrrole nitrogens is 1. The maximum atomic E-state index is 12.1. The lowest BCUT2D eigenvalue weighted by Crippen LogP contribution is -2.17. The van der Waals surface area contributed by atoms with E-state index in [0.29, 0.717) is 36.0 Å². The van der Waals surface area contributed by atoms with Gasteiger partial charge in [-0.15, -0.1) is 0 Å². The van der Waals surface area contributed by atoms with E-state index < -0.39 is 5.56 Å². The Labute approximate surface area is 136 Å². The Kier molecular flexibility index (Phi) is 3.72. The molecule has 120 valence electrons. The summed E-state index contributed by atoms with van der Waals surface area (Å²) >= 11 is 0. The molecule has 0 radical (unpaired) electrons. The molecule has 3 N–H and O–H groups in total. The number of pyridine rings is 1. The van der Waals surface area contributed by atoms with E-state index in [1.165, 1.54) is 7.11 Å². The number of aromatic nitrogens is 1. The maximum absolute atomic E-state index is 12.1. The van der Waals surface area contributed by atoms with Crippen molar-refractivity contribution >= 4 is 5.82 Å². The van der Waals surface area contributed by atoms with E-state index in [0.717, 1.165) is 0 Å². The maximum Gasteiger partial charge on any atom is 0.268 e. The molecule has 8 nitrogen and oxygen atoms in total. The van der Waals surface area contributed by atoms with Gasteiger partial charge < -0.3 is 24.9 Å². The van der Waals surface area contributed by atoms with E-state index in [4.69, 9.17) is 19.9 Å². The van der Waals surface area contributed by atoms with Gasteiger partial charge >= 0.3 is 0 Å². The topological polar surface area (TPSA) is 134 Å². The zero-order valence-electron chi connectivity index (χ0n) is 12.7. The molecule has 1 aromatic carbocycles. The lowest BCUT2D eigenvalue weighted by atomic mass is 9.95. The third kappa shape index (κ3) is 2.27. The number of nitrogens with one attached hydrogen (secondary N) is 1. The summed E-state index contributed by atoms with van der Waals surface area (Å²) in [6.07, 6.45) is 0. The number of hydrogen-bond donors (Lipinski definition) is 2. The number of aromatic amines is 1. The quantitative estimate of drug-likeness (QED) is 0.846. The molecule has 0 spiro atoms. The number of fused-ring (bicyclic) bond motifs is 1. The molecular weight excluding hydrogens is 312 g/mol. The first-order valence-corrected chi connectivity index (χ1v) is 6.94. The molecule has 0 atom stereocenters. The van der Waals surface area contributed by atoms with Gasteiger partial charge in [0, 0.05) is 17.2 Å². The Morgan fingerprint density at radius 2 is 1.79 bits per heavy atom. The van der Waals surface area contributed by atoms with Crippen LogP contribution in [0.3, 0.4) is 0 Å². The Morgan fingerprint density at radius 1 is 1.17 bits per heavy atom. The first-order valence-electron chi connectivity index (χ1n) is 6.94. The molecule has 0 unspecified atom stereocenters. The molecule has 1 aliphatic rings. The van der Waals surface area contributed by atoms with Gasteiger partial charge in [0.1, 0.15) is 48.0 Å². The SMILES string of the molecule is COc1cc2c(cc1-c1c(C#N)c(N)[nH]c(=O)c1C#N)OCCO2. The summed E-state index contributed by atoms with van der Waals surface area (Å²) in [5.74, 6) is 1.13. The van der Waals surface area contributed by atoms with Crippen molar-refractivity contribution in [3.63, 3.8) is 0 Å². The van der Waals surface area contributed by atoms with Crippen LogP contribution in [0.15, 0.2) is 16.9 Å². The van der Waals surface area contributed by atoms with Crippen molar-refractivity contribution < 1.29 is 14.2 Å². The fourth-order valence-corrected chi connectivity index (χ4v) is 2.55. The van der Waals surface area contributed by atoms with E-state index in [1.54, 1.807) is 12.1 Å². The highest BCUT2D eigenvalue weighted by atomic mass is 16.6. The Balaban J connectivity index is 2.40. The molecule has 0 saturated heterocycles. The number of methoxy groups -OCH3 is 1. The van der Waals surface area contributed by atoms with Gasteiger partial charge in [0.2, 0.25) is 0 Å². The monoisotopic (exact) mass is 324 g/mol. The standard InChI is InChI=1S/C16H12N4O4/c1-22-11-5-13-12(23-2-3-24-13)4-8(11)14-9(6-17)15(19)20-16(21)10(14)7-18/h4-5H,2-3H2,1H3,(H3,19,20,21). The number of benzene rings is 1. The summed E-state index contributed by atoms with van der Waals surface area (Å²) < 4.78 is 16.4. The third-order valence-corrected chi connectivity index (χ3v) is 3.60. The Bertz CT molecular complexity index is 966. The fourth-order valence-electron chi connectivity index (χ4n) is 2.55. The highest BCUT2D eigenvalue weighted by Crippen LogP contribution is 2.43.